The molecule has 1 aliphatic rings. The second kappa shape index (κ2) is 6.04. The van der Waals surface area contributed by atoms with Gasteiger partial charge in [0.1, 0.15) is 23.5 Å². The molecule has 2 heterocycles. The van der Waals surface area contributed by atoms with Crippen molar-refractivity contribution in [2.24, 2.45) is 5.84 Å². The summed E-state index contributed by atoms with van der Waals surface area (Å²) in [6, 6.07) is -0.174. The Morgan fingerprint density at radius 3 is 2.75 bits per heavy atom. The van der Waals surface area contributed by atoms with Gasteiger partial charge in [0.05, 0.1) is 0 Å². The minimum absolute atomic E-state index is 0.0302. The fourth-order valence-electron chi connectivity index (χ4n) is 2.66. The second-order valence-corrected chi connectivity index (χ2v) is 5.03. The first-order valence-electron chi connectivity index (χ1n) is 6.88. The Balaban J connectivity index is 2.42. The molecule has 2 rings (SSSR count). The van der Waals surface area contributed by atoms with Crippen LogP contribution in [-0.2, 0) is 4.79 Å². The smallest absolute Gasteiger partial charge is 0.242 e. The third-order valence-corrected chi connectivity index (χ3v) is 3.69. The maximum atomic E-state index is 12.1. The molecule has 0 aromatic carbocycles. The predicted molar refractivity (Wildman–Crippen MR) is 78.4 cm³/mol. The minimum atomic E-state index is -0.174. The van der Waals surface area contributed by atoms with Crippen molar-refractivity contribution in [3.63, 3.8) is 0 Å². The molecule has 1 aromatic heterocycles. The van der Waals surface area contributed by atoms with Gasteiger partial charge in [-0.3, -0.25) is 4.79 Å². The van der Waals surface area contributed by atoms with Gasteiger partial charge < -0.3 is 15.6 Å². The van der Waals surface area contributed by atoms with Crippen LogP contribution < -0.4 is 21.5 Å². The number of carbonyl (C=O) groups is 1. The SMILES string of the molecule is CNC(=O)C1CCCCN1c1nc(C)nc(NN)c1C. The molecule has 20 heavy (non-hydrogen) atoms. The van der Waals surface area contributed by atoms with Crippen LogP contribution in [0, 0.1) is 13.8 Å². The van der Waals surface area contributed by atoms with Crippen molar-refractivity contribution in [2.75, 3.05) is 23.9 Å². The number of aromatic nitrogens is 2. The third-order valence-electron chi connectivity index (χ3n) is 3.69. The van der Waals surface area contributed by atoms with Crippen LogP contribution >= 0.6 is 0 Å². The molecule has 110 valence electrons. The normalized spacial score (nSPS) is 18.8. The lowest BCUT2D eigenvalue weighted by Gasteiger charge is -2.36. The van der Waals surface area contributed by atoms with Gasteiger partial charge in [-0.25, -0.2) is 15.8 Å². The lowest BCUT2D eigenvalue weighted by atomic mass is 10.0. The van der Waals surface area contributed by atoms with Crippen molar-refractivity contribution in [1.29, 1.82) is 0 Å². The van der Waals surface area contributed by atoms with Gasteiger partial charge in [-0.2, -0.15) is 0 Å². The van der Waals surface area contributed by atoms with E-state index in [9.17, 15) is 4.79 Å². The summed E-state index contributed by atoms with van der Waals surface area (Å²) in [4.78, 5) is 22.9. The van der Waals surface area contributed by atoms with Gasteiger partial charge in [0.2, 0.25) is 5.91 Å². The molecule has 0 saturated carbocycles. The molecule has 0 aliphatic carbocycles. The Bertz CT molecular complexity index is 504. The molecular weight excluding hydrogens is 256 g/mol. The van der Waals surface area contributed by atoms with Gasteiger partial charge >= 0.3 is 0 Å². The Hall–Kier alpha value is -1.89. The highest BCUT2D eigenvalue weighted by atomic mass is 16.2. The van der Waals surface area contributed by atoms with Gasteiger partial charge in [-0.1, -0.05) is 0 Å². The number of hydrazine groups is 1. The van der Waals surface area contributed by atoms with Crippen LogP contribution in [0.2, 0.25) is 0 Å². The highest BCUT2D eigenvalue weighted by molar-refractivity contribution is 5.85. The Kier molecular flexibility index (Phi) is 4.39. The van der Waals surface area contributed by atoms with Gasteiger partial charge in [-0.05, 0) is 33.1 Å². The number of rotatable bonds is 3. The van der Waals surface area contributed by atoms with Gasteiger partial charge in [0, 0.05) is 19.2 Å². The standard InChI is InChI=1S/C13H22N6O/c1-8-11(18-14)16-9(2)17-12(8)19-7-5-4-6-10(19)13(20)15-3/h10H,4-7,14H2,1-3H3,(H,15,20)(H,16,17,18). The number of nitrogen functional groups attached to an aromatic ring is 1. The predicted octanol–water partition coefficient (Wildman–Crippen LogP) is 0.484. The fraction of sp³-hybridized carbons (Fsp3) is 0.615. The number of amides is 1. The number of hydrogen-bond acceptors (Lipinski definition) is 6. The highest BCUT2D eigenvalue weighted by Crippen LogP contribution is 2.29. The number of nitrogens with two attached hydrogens (primary N) is 1. The molecule has 7 heteroatoms. The number of piperidine rings is 1. The van der Waals surface area contributed by atoms with E-state index >= 15 is 0 Å². The van der Waals surface area contributed by atoms with E-state index in [0.29, 0.717) is 11.6 Å². The number of likely N-dealkylation sites (N-methyl/N-ethyl adjacent to an activating group) is 1. The summed E-state index contributed by atoms with van der Waals surface area (Å²) in [7, 11) is 1.67. The highest BCUT2D eigenvalue weighted by Gasteiger charge is 2.30. The number of anilines is 2. The zero-order valence-electron chi connectivity index (χ0n) is 12.2. The minimum Gasteiger partial charge on any atom is -0.357 e. The maximum absolute atomic E-state index is 12.1. The van der Waals surface area contributed by atoms with E-state index in [2.05, 4.69) is 25.6 Å². The molecule has 1 atom stereocenters. The summed E-state index contributed by atoms with van der Waals surface area (Å²) >= 11 is 0. The van der Waals surface area contributed by atoms with E-state index < -0.39 is 0 Å². The molecule has 1 fully saturated rings. The first-order valence-corrected chi connectivity index (χ1v) is 6.88. The van der Waals surface area contributed by atoms with Crippen LogP contribution in [0.3, 0.4) is 0 Å². The van der Waals surface area contributed by atoms with Crippen molar-refractivity contribution >= 4 is 17.5 Å². The molecule has 1 unspecified atom stereocenters. The maximum Gasteiger partial charge on any atom is 0.242 e. The molecule has 1 amide bonds. The van der Waals surface area contributed by atoms with Crippen LogP contribution in [-0.4, -0.2) is 35.5 Å². The third kappa shape index (κ3) is 2.67. The summed E-state index contributed by atoms with van der Waals surface area (Å²) in [6.45, 7) is 4.56. The molecular formula is C13H22N6O. The van der Waals surface area contributed by atoms with Crippen LogP contribution in [0.5, 0.6) is 0 Å². The van der Waals surface area contributed by atoms with E-state index in [-0.39, 0.29) is 11.9 Å². The number of hydrogen-bond donors (Lipinski definition) is 3. The largest absolute Gasteiger partial charge is 0.357 e. The number of aryl methyl sites for hydroxylation is 1. The van der Waals surface area contributed by atoms with E-state index in [1.807, 2.05) is 13.8 Å². The van der Waals surface area contributed by atoms with Crippen LogP contribution in [0.25, 0.3) is 0 Å². The first kappa shape index (κ1) is 14.5. The first-order chi connectivity index (χ1) is 9.58. The van der Waals surface area contributed by atoms with Crippen molar-refractivity contribution in [3.05, 3.63) is 11.4 Å². The lowest BCUT2D eigenvalue weighted by Crippen LogP contribution is -2.49. The summed E-state index contributed by atoms with van der Waals surface area (Å²) in [5.41, 5.74) is 3.46. The summed E-state index contributed by atoms with van der Waals surface area (Å²) in [6.07, 6.45) is 2.95. The monoisotopic (exact) mass is 278 g/mol. The van der Waals surface area contributed by atoms with E-state index in [1.165, 1.54) is 0 Å². The number of carbonyl (C=O) groups excluding carboxylic acids is 1. The van der Waals surface area contributed by atoms with Crippen LogP contribution in [0.4, 0.5) is 11.6 Å². The topological polar surface area (TPSA) is 96.2 Å². The van der Waals surface area contributed by atoms with E-state index in [1.54, 1.807) is 7.05 Å². The Morgan fingerprint density at radius 1 is 1.35 bits per heavy atom. The molecule has 7 nitrogen and oxygen atoms in total. The van der Waals surface area contributed by atoms with E-state index in [0.717, 1.165) is 37.2 Å². The van der Waals surface area contributed by atoms with Gasteiger partial charge in [0.25, 0.3) is 0 Å². The van der Waals surface area contributed by atoms with Crippen LogP contribution in [0.15, 0.2) is 0 Å². The molecule has 0 radical (unpaired) electrons. The zero-order chi connectivity index (χ0) is 14.7. The van der Waals surface area contributed by atoms with Crippen molar-refractivity contribution in [2.45, 2.75) is 39.2 Å². The number of nitrogens with zero attached hydrogens (tertiary/aromatic N) is 3. The quantitative estimate of drug-likeness (QED) is 0.550. The molecule has 1 saturated heterocycles. The van der Waals surface area contributed by atoms with Gasteiger partial charge in [-0.15, -0.1) is 0 Å². The van der Waals surface area contributed by atoms with Crippen molar-refractivity contribution < 1.29 is 4.79 Å². The lowest BCUT2D eigenvalue weighted by molar-refractivity contribution is -0.122. The summed E-state index contributed by atoms with van der Waals surface area (Å²) in [5.74, 6) is 7.57. The zero-order valence-corrected chi connectivity index (χ0v) is 12.2. The Labute approximate surface area is 118 Å². The molecule has 4 N–H and O–H groups in total. The molecule has 0 spiro atoms. The summed E-state index contributed by atoms with van der Waals surface area (Å²) < 4.78 is 0. The van der Waals surface area contributed by atoms with Crippen molar-refractivity contribution in [1.82, 2.24) is 15.3 Å². The van der Waals surface area contributed by atoms with Gasteiger partial charge in [0.15, 0.2) is 0 Å². The van der Waals surface area contributed by atoms with Crippen LogP contribution in [0.1, 0.15) is 30.7 Å². The fourth-order valence-corrected chi connectivity index (χ4v) is 2.66. The van der Waals surface area contributed by atoms with Crippen molar-refractivity contribution in [3.8, 4) is 0 Å². The second-order valence-electron chi connectivity index (χ2n) is 5.03. The molecule has 1 aromatic rings. The summed E-state index contributed by atoms with van der Waals surface area (Å²) in [5, 5.41) is 2.73. The Morgan fingerprint density at radius 2 is 2.10 bits per heavy atom. The van der Waals surface area contributed by atoms with E-state index in [4.69, 9.17) is 5.84 Å². The molecule has 0 bridgehead atoms. The average Bonchev–Trinajstić information content (AvgIpc) is 2.48. The average molecular weight is 278 g/mol. The number of nitrogens with one attached hydrogen (secondary N) is 2. The molecule has 1 aliphatic heterocycles.